The van der Waals surface area contributed by atoms with Gasteiger partial charge in [0.1, 0.15) is 23.1 Å². The van der Waals surface area contributed by atoms with Crippen LogP contribution in [0.15, 0.2) is 51.1 Å². The van der Waals surface area contributed by atoms with Crippen LogP contribution in [0.1, 0.15) is 38.3 Å². The van der Waals surface area contributed by atoms with Crippen LogP contribution in [0.5, 0.6) is 0 Å². The van der Waals surface area contributed by atoms with Crippen molar-refractivity contribution < 1.29 is 4.74 Å². The number of hydrogen-bond donors (Lipinski definition) is 3. The highest BCUT2D eigenvalue weighted by molar-refractivity contribution is 8.19. The first-order chi connectivity index (χ1) is 14.4. The number of nitrogens with one attached hydrogen (secondary N) is 3. The number of allylic oxidation sites excluding steroid dienone is 1. The van der Waals surface area contributed by atoms with Crippen molar-refractivity contribution in [1.82, 2.24) is 15.5 Å². The summed E-state index contributed by atoms with van der Waals surface area (Å²) in [7, 11) is 3.99. The maximum absolute atomic E-state index is 8.56. The Balaban J connectivity index is 1.54. The van der Waals surface area contributed by atoms with Crippen molar-refractivity contribution in [2.75, 3.05) is 27.4 Å². The first-order valence-corrected chi connectivity index (χ1v) is 11.3. The summed E-state index contributed by atoms with van der Waals surface area (Å²) in [6, 6.07) is 8.94. The lowest BCUT2D eigenvalue weighted by Crippen LogP contribution is -2.34. The largest absolute Gasteiger partial charge is 0.367 e. The predicted molar refractivity (Wildman–Crippen MR) is 125 cm³/mol. The summed E-state index contributed by atoms with van der Waals surface area (Å²) in [6.07, 6.45) is 1.01. The molecule has 3 aliphatic heterocycles. The summed E-state index contributed by atoms with van der Waals surface area (Å²) in [5.74, 6) is 1.05. The van der Waals surface area contributed by atoms with Gasteiger partial charge in [0.25, 0.3) is 0 Å². The van der Waals surface area contributed by atoms with E-state index in [4.69, 9.17) is 15.1 Å². The first-order valence-electron chi connectivity index (χ1n) is 10.5. The van der Waals surface area contributed by atoms with Crippen LogP contribution in [0.2, 0.25) is 0 Å². The quantitative estimate of drug-likeness (QED) is 0.582. The fourth-order valence-corrected chi connectivity index (χ4v) is 5.09. The number of fused-ring (bicyclic) bond motifs is 1. The van der Waals surface area contributed by atoms with E-state index in [9.17, 15) is 0 Å². The highest BCUT2D eigenvalue weighted by Crippen LogP contribution is 2.42. The number of ether oxygens (including phenoxy) is 1. The topological polar surface area (TPSA) is 76.0 Å². The van der Waals surface area contributed by atoms with Crippen LogP contribution < -0.4 is 10.6 Å². The van der Waals surface area contributed by atoms with Crippen molar-refractivity contribution >= 4 is 22.5 Å². The van der Waals surface area contributed by atoms with Crippen molar-refractivity contribution in [3.8, 4) is 0 Å². The van der Waals surface area contributed by atoms with Gasteiger partial charge in [-0.05, 0) is 44.0 Å². The van der Waals surface area contributed by atoms with Crippen LogP contribution in [0.3, 0.4) is 0 Å². The molecule has 2 fully saturated rings. The molecule has 2 saturated heterocycles. The number of aliphatic imine (C=N–C) groups is 1. The first kappa shape index (κ1) is 21.2. The zero-order valence-corrected chi connectivity index (χ0v) is 19.2. The van der Waals surface area contributed by atoms with Crippen LogP contribution in [-0.4, -0.2) is 49.1 Å². The molecule has 4 rings (SSSR count). The summed E-state index contributed by atoms with van der Waals surface area (Å²) in [6.45, 7) is 8.54. The molecule has 2 unspecified atom stereocenters. The van der Waals surface area contributed by atoms with Crippen molar-refractivity contribution in [1.29, 1.82) is 5.41 Å². The molecule has 7 heteroatoms. The van der Waals surface area contributed by atoms with E-state index in [1.165, 1.54) is 22.9 Å². The number of thioether (sulfide) groups is 1. The Labute approximate surface area is 183 Å². The lowest BCUT2D eigenvalue weighted by atomic mass is 9.96. The molecule has 0 spiro atoms. The third-order valence-electron chi connectivity index (χ3n) is 6.40. The molecule has 0 radical (unpaired) electrons. The zero-order valence-electron chi connectivity index (χ0n) is 18.4. The smallest absolute Gasteiger partial charge is 0.119 e. The molecule has 6 nitrogen and oxygen atoms in total. The summed E-state index contributed by atoms with van der Waals surface area (Å²) in [4.78, 5) is 7.96. The minimum Gasteiger partial charge on any atom is -0.367 e. The molecule has 0 saturated carbocycles. The summed E-state index contributed by atoms with van der Waals surface area (Å²) in [5.41, 5.74) is 5.54. The number of benzene rings is 1. The normalized spacial score (nSPS) is 25.8. The number of epoxide rings is 1. The lowest BCUT2D eigenvalue weighted by molar-refractivity contribution is 0.301. The van der Waals surface area contributed by atoms with E-state index in [0.717, 1.165) is 47.2 Å². The molecule has 3 heterocycles. The lowest BCUT2D eigenvalue weighted by Gasteiger charge is -2.28. The fraction of sp³-hybridized carbons (Fsp3) is 0.478. The summed E-state index contributed by atoms with van der Waals surface area (Å²) in [5, 5.41) is 16.0. The van der Waals surface area contributed by atoms with Crippen molar-refractivity contribution in [3.63, 3.8) is 0 Å². The second-order valence-corrected chi connectivity index (χ2v) is 9.23. The van der Waals surface area contributed by atoms with Gasteiger partial charge in [0, 0.05) is 25.2 Å². The van der Waals surface area contributed by atoms with Gasteiger partial charge >= 0.3 is 0 Å². The zero-order chi connectivity index (χ0) is 21.5. The number of nitrogens with zero attached hydrogens (tertiary/aromatic N) is 2. The Hall–Kier alpha value is -2.09. The highest BCUT2D eigenvalue weighted by Gasteiger charge is 2.44. The van der Waals surface area contributed by atoms with E-state index in [2.05, 4.69) is 60.6 Å². The van der Waals surface area contributed by atoms with E-state index in [0.29, 0.717) is 11.7 Å². The van der Waals surface area contributed by atoms with Crippen LogP contribution in [0.4, 0.5) is 0 Å². The predicted octanol–water partition coefficient (Wildman–Crippen LogP) is 3.57. The maximum Gasteiger partial charge on any atom is 0.119 e. The Morgan fingerprint density at radius 2 is 2.07 bits per heavy atom. The van der Waals surface area contributed by atoms with Crippen LogP contribution in [-0.2, 0) is 16.9 Å². The molecule has 2 atom stereocenters. The second-order valence-electron chi connectivity index (χ2n) is 8.21. The SMILES string of the molecule is CCC1(c2ccc(CNC3=C4SC(=N)/C(=C(/C)C(C)NC)C4=NCN3C)cc2)CO1. The average Bonchev–Trinajstić information content (AvgIpc) is 3.49. The highest BCUT2D eigenvalue weighted by atomic mass is 32.2. The molecule has 0 amide bonds. The van der Waals surface area contributed by atoms with Crippen LogP contribution >= 0.6 is 11.8 Å². The van der Waals surface area contributed by atoms with Gasteiger partial charge in [-0.1, -0.05) is 43.0 Å². The number of rotatable bonds is 7. The van der Waals surface area contributed by atoms with Crippen LogP contribution in [0, 0.1) is 5.41 Å². The van der Waals surface area contributed by atoms with Crippen molar-refractivity contribution in [2.45, 2.75) is 45.4 Å². The van der Waals surface area contributed by atoms with E-state index < -0.39 is 0 Å². The third kappa shape index (κ3) is 3.70. The van der Waals surface area contributed by atoms with E-state index in [1.807, 2.05) is 14.1 Å². The summed E-state index contributed by atoms with van der Waals surface area (Å²) < 4.78 is 5.68. The van der Waals surface area contributed by atoms with Gasteiger partial charge < -0.3 is 20.3 Å². The molecule has 30 heavy (non-hydrogen) atoms. The average molecular weight is 426 g/mol. The second kappa shape index (κ2) is 8.21. The third-order valence-corrected chi connectivity index (χ3v) is 7.40. The molecule has 1 aromatic rings. The van der Waals surface area contributed by atoms with Gasteiger partial charge in [-0.25, -0.2) is 0 Å². The molecule has 0 aromatic heterocycles. The fourth-order valence-electron chi connectivity index (χ4n) is 3.94. The Bertz CT molecular complexity index is 943. The molecule has 3 N–H and O–H groups in total. The molecule has 0 aliphatic carbocycles. The molecule has 1 aromatic carbocycles. The molecule has 160 valence electrons. The molecular formula is C23H31N5OS. The van der Waals surface area contributed by atoms with Gasteiger partial charge in [0.05, 0.1) is 17.2 Å². The van der Waals surface area contributed by atoms with Gasteiger partial charge in [-0.15, -0.1) is 0 Å². The number of likely N-dealkylation sites (N-methyl/N-ethyl adjacent to an activating group) is 1. The van der Waals surface area contributed by atoms with E-state index in [-0.39, 0.29) is 11.6 Å². The van der Waals surface area contributed by atoms with E-state index >= 15 is 0 Å². The Morgan fingerprint density at radius 3 is 2.67 bits per heavy atom. The minimum atomic E-state index is -0.0442. The monoisotopic (exact) mass is 425 g/mol. The minimum absolute atomic E-state index is 0.0442. The molecular weight excluding hydrogens is 394 g/mol. The summed E-state index contributed by atoms with van der Waals surface area (Å²) >= 11 is 1.50. The van der Waals surface area contributed by atoms with Crippen molar-refractivity contribution in [2.24, 2.45) is 4.99 Å². The Morgan fingerprint density at radius 1 is 1.37 bits per heavy atom. The van der Waals surface area contributed by atoms with E-state index in [1.54, 1.807) is 0 Å². The Kier molecular flexibility index (Phi) is 5.79. The molecule has 0 bridgehead atoms. The standard InChI is InChI=1S/C23H31N5OS/c1-6-23(12-29-23)17-9-7-16(8-10-17)11-26-22-20-19(27-13-28(22)5)18(21(24)30-20)14(2)15(3)25-4/h7-10,15,24-26H,6,11-13H2,1-5H3/b18-14-,24-21?. The van der Waals surface area contributed by atoms with Gasteiger partial charge in [-0.2, -0.15) is 0 Å². The van der Waals surface area contributed by atoms with Gasteiger partial charge in [0.2, 0.25) is 0 Å². The van der Waals surface area contributed by atoms with Crippen LogP contribution in [0.25, 0.3) is 0 Å². The van der Waals surface area contributed by atoms with Gasteiger partial charge in [-0.3, -0.25) is 10.4 Å². The number of hydrogen-bond acceptors (Lipinski definition) is 7. The van der Waals surface area contributed by atoms with Crippen molar-refractivity contribution in [3.05, 3.63) is 57.3 Å². The maximum atomic E-state index is 8.56. The molecule has 3 aliphatic rings. The van der Waals surface area contributed by atoms with Gasteiger partial charge in [0.15, 0.2) is 0 Å².